The molecular weight excluding hydrogens is 326 g/mol. The zero-order valence-corrected chi connectivity index (χ0v) is 14.3. The highest BCUT2D eigenvalue weighted by molar-refractivity contribution is 6.30. The number of anilines is 1. The molecule has 0 atom stereocenters. The van der Waals surface area contributed by atoms with E-state index in [0.29, 0.717) is 11.6 Å². The Morgan fingerprint density at radius 3 is 2.79 bits per heavy atom. The Bertz CT molecular complexity index is 868. The molecule has 0 saturated heterocycles. The molecule has 0 spiro atoms. The van der Waals surface area contributed by atoms with Crippen LogP contribution in [0.3, 0.4) is 0 Å². The Hall–Kier alpha value is -2.60. The van der Waals surface area contributed by atoms with Gasteiger partial charge in [-0.3, -0.25) is 14.2 Å². The van der Waals surface area contributed by atoms with Crippen molar-refractivity contribution in [3.05, 3.63) is 64.7 Å². The fourth-order valence-electron chi connectivity index (χ4n) is 2.53. The second-order valence-electron chi connectivity index (χ2n) is 5.69. The third-order valence-corrected chi connectivity index (χ3v) is 3.75. The van der Waals surface area contributed by atoms with Crippen LogP contribution in [0.4, 0.5) is 5.69 Å². The van der Waals surface area contributed by atoms with Crippen molar-refractivity contribution in [2.75, 3.05) is 5.32 Å². The number of carbonyl (C=O) groups is 1. The van der Waals surface area contributed by atoms with Crippen molar-refractivity contribution in [1.29, 1.82) is 0 Å². The van der Waals surface area contributed by atoms with Gasteiger partial charge in [0, 0.05) is 17.6 Å². The average molecular weight is 344 g/mol. The highest BCUT2D eigenvalue weighted by atomic mass is 35.5. The number of carbonyl (C=O) groups excluding carboxylic acids is 1. The molecule has 6 nitrogen and oxygen atoms in total. The molecule has 3 aromatic rings. The first-order valence-electron chi connectivity index (χ1n) is 7.57. The Morgan fingerprint density at radius 1 is 1.29 bits per heavy atom. The zero-order valence-electron chi connectivity index (χ0n) is 13.5. The summed E-state index contributed by atoms with van der Waals surface area (Å²) in [5.74, 6) is -0.155. The summed E-state index contributed by atoms with van der Waals surface area (Å²) in [5.41, 5.74) is 3.92. The van der Waals surface area contributed by atoms with Crippen molar-refractivity contribution in [2.45, 2.75) is 26.9 Å². The van der Waals surface area contributed by atoms with Crippen molar-refractivity contribution in [2.24, 2.45) is 0 Å². The van der Waals surface area contributed by atoms with Crippen LogP contribution in [0, 0.1) is 13.8 Å². The summed E-state index contributed by atoms with van der Waals surface area (Å²) in [7, 11) is 0. The molecule has 1 N–H and O–H groups in total. The summed E-state index contributed by atoms with van der Waals surface area (Å²) >= 11 is 5.79. The molecule has 124 valence electrons. The molecule has 7 heteroatoms. The molecule has 0 bridgehead atoms. The lowest BCUT2D eigenvalue weighted by Gasteiger charge is -2.09. The summed E-state index contributed by atoms with van der Waals surface area (Å²) < 4.78 is 3.44. The normalized spacial score (nSPS) is 10.8. The molecule has 0 aliphatic rings. The van der Waals surface area contributed by atoms with E-state index >= 15 is 0 Å². The predicted octanol–water partition coefficient (Wildman–Crippen LogP) is 3.04. The van der Waals surface area contributed by atoms with E-state index in [1.165, 1.54) is 10.9 Å². The number of hydrogen-bond donors (Lipinski definition) is 1. The Morgan fingerprint density at radius 2 is 2.12 bits per heavy atom. The highest BCUT2D eigenvalue weighted by Crippen LogP contribution is 2.14. The summed E-state index contributed by atoms with van der Waals surface area (Å²) in [6.07, 6.45) is 3.12. The Kier molecular flexibility index (Phi) is 4.66. The molecular formula is C17H18ClN5O. The smallest absolute Gasteiger partial charge is 0.246 e. The van der Waals surface area contributed by atoms with Gasteiger partial charge in [0.05, 0.1) is 23.5 Å². The fraction of sp³-hybridized carbons (Fsp3) is 0.235. The number of rotatable bonds is 5. The monoisotopic (exact) mass is 343 g/mol. The molecule has 0 aliphatic heterocycles. The number of amides is 1. The SMILES string of the molecule is Cc1cc(C)n(Cc2cccc(NC(=O)Cn3cc(Cl)cn3)c2)n1. The van der Waals surface area contributed by atoms with Gasteiger partial charge in [0.25, 0.3) is 0 Å². The van der Waals surface area contributed by atoms with Gasteiger partial charge in [0.15, 0.2) is 0 Å². The van der Waals surface area contributed by atoms with Crippen LogP contribution in [0.2, 0.25) is 5.02 Å². The molecule has 0 fully saturated rings. The van der Waals surface area contributed by atoms with Crippen LogP contribution in [-0.4, -0.2) is 25.5 Å². The zero-order chi connectivity index (χ0) is 17.1. The van der Waals surface area contributed by atoms with Gasteiger partial charge in [-0.15, -0.1) is 0 Å². The van der Waals surface area contributed by atoms with E-state index in [-0.39, 0.29) is 12.5 Å². The van der Waals surface area contributed by atoms with E-state index in [1.54, 1.807) is 6.20 Å². The lowest BCUT2D eigenvalue weighted by molar-refractivity contribution is -0.116. The number of nitrogens with one attached hydrogen (secondary N) is 1. The quantitative estimate of drug-likeness (QED) is 0.774. The van der Waals surface area contributed by atoms with Gasteiger partial charge < -0.3 is 5.32 Å². The van der Waals surface area contributed by atoms with Gasteiger partial charge >= 0.3 is 0 Å². The van der Waals surface area contributed by atoms with Gasteiger partial charge in [0.1, 0.15) is 6.54 Å². The van der Waals surface area contributed by atoms with E-state index in [0.717, 1.165) is 22.6 Å². The van der Waals surface area contributed by atoms with Gasteiger partial charge in [-0.05, 0) is 37.6 Å². The molecule has 0 aliphatic carbocycles. The molecule has 3 rings (SSSR count). The minimum absolute atomic E-state index is 0.119. The first-order valence-corrected chi connectivity index (χ1v) is 7.95. The van der Waals surface area contributed by atoms with Crippen molar-refractivity contribution in [3.8, 4) is 0 Å². The number of nitrogens with zero attached hydrogens (tertiary/aromatic N) is 4. The number of hydrogen-bond acceptors (Lipinski definition) is 3. The van der Waals surface area contributed by atoms with Crippen molar-refractivity contribution >= 4 is 23.2 Å². The third-order valence-electron chi connectivity index (χ3n) is 3.55. The van der Waals surface area contributed by atoms with Crippen LogP contribution >= 0.6 is 11.6 Å². The molecule has 2 heterocycles. The Labute approximate surface area is 145 Å². The topological polar surface area (TPSA) is 64.7 Å². The van der Waals surface area contributed by atoms with Crippen molar-refractivity contribution < 1.29 is 4.79 Å². The van der Waals surface area contributed by atoms with E-state index in [1.807, 2.05) is 48.9 Å². The lowest BCUT2D eigenvalue weighted by atomic mass is 10.2. The molecule has 24 heavy (non-hydrogen) atoms. The maximum Gasteiger partial charge on any atom is 0.246 e. The van der Waals surface area contributed by atoms with Gasteiger partial charge in [-0.25, -0.2) is 0 Å². The summed E-state index contributed by atoms with van der Waals surface area (Å²) in [5, 5.41) is 11.8. The first-order chi connectivity index (χ1) is 11.5. The van der Waals surface area contributed by atoms with Crippen LogP contribution in [-0.2, 0) is 17.9 Å². The van der Waals surface area contributed by atoms with Crippen LogP contribution in [0.1, 0.15) is 17.0 Å². The molecule has 2 aromatic heterocycles. The average Bonchev–Trinajstić information content (AvgIpc) is 3.05. The van der Waals surface area contributed by atoms with Gasteiger partial charge in [0.2, 0.25) is 5.91 Å². The van der Waals surface area contributed by atoms with Gasteiger partial charge in [-0.2, -0.15) is 10.2 Å². The highest BCUT2D eigenvalue weighted by Gasteiger charge is 2.07. The third kappa shape index (κ3) is 4.02. The van der Waals surface area contributed by atoms with E-state index < -0.39 is 0 Å². The largest absolute Gasteiger partial charge is 0.324 e. The van der Waals surface area contributed by atoms with E-state index in [4.69, 9.17) is 11.6 Å². The molecule has 1 aromatic carbocycles. The maximum absolute atomic E-state index is 12.1. The van der Waals surface area contributed by atoms with Crippen LogP contribution in [0.5, 0.6) is 0 Å². The van der Waals surface area contributed by atoms with Crippen molar-refractivity contribution in [3.63, 3.8) is 0 Å². The number of aryl methyl sites for hydroxylation is 2. The summed E-state index contributed by atoms with van der Waals surface area (Å²) in [6.45, 7) is 4.79. The van der Waals surface area contributed by atoms with E-state index in [2.05, 4.69) is 15.5 Å². The number of aromatic nitrogens is 4. The standard InChI is InChI=1S/C17H18ClN5O/c1-12-6-13(2)23(21-12)9-14-4-3-5-16(7-14)20-17(24)11-22-10-15(18)8-19-22/h3-8,10H,9,11H2,1-2H3,(H,20,24). The molecule has 0 unspecified atom stereocenters. The molecule has 1 amide bonds. The lowest BCUT2D eigenvalue weighted by Crippen LogP contribution is -2.19. The summed E-state index contributed by atoms with van der Waals surface area (Å²) in [4.78, 5) is 12.1. The first kappa shape index (κ1) is 16.3. The Balaban J connectivity index is 1.66. The van der Waals surface area contributed by atoms with Crippen LogP contribution in [0.15, 0.2) is 42.7 Å². The fourth-order valence-corrected chi connectivity index (χ4v) is 2.68. The van der Waals surface area contributed by atoms with Crippen LogP contribution < -0.4 is 5.32 Å². The second kappa shape index (κ2) is 6.88. The number of halogens is 1. The minimum atomic E-state index is -0.155. The predicted molar refractivity (Wildman–Crippen MR) is 93.1 cm³/mol. The minimum Gasteiger partial charge on any atom is -0.324 e. The molecule has 0 radical (unpaired) electrons. The second-order valence-corrected chi connectivity index (χ2v) is 6.13. The van der Waals surface area contributed by atoms with E-state index in [9.17, 15) is 4.79 Å². The maximum atomic E-state index is 12.1. The van der Waals surface area contributed by atoms with Gasteiger partial charge in [-0.1, -0.05) is 23.7 Å². The van der Waals surface area contributed by atoms with Crippen molar-refractivity contribution in [1.82, 2.24) is 19.6 Å². The summed E-state index contributed by atoms with van der Waals surface area (Å²) in [6, 6.07) is 9.78. The molecule has 0 saturated carbocycles. The number of benzene rings is 1. The van der Waals surface area contributed by atoms with Crippen LogP contribution in [0.25, 0.3) is 0 Å².